The Labute approximate surface area is 146 Å². The minimum atomic E-state index is -0.609. The molecule has 126 valence electrons. The van der Waals surface area contributed by atoms with E-state index in [-0.39, 0.29) is 0 Å². The van der Waals surface area contributed by atoms with Gasteiger partial charge in [-0.25, -0.2) is 4.79 Å². The Morgan fingerprint density at radius 3 is 2.50 bits per heavy atom. The normalized spacial score (nSPS) is 11.6. The van der Waals surface area contributed by atoms with Gasteiger partial charge in [0.1, 0.15) is 6.04 Å². The molecule has 0 spiro atoms. The standard InChI is InChI=1S/C18H20ClN3O2/c1-20-18(24)22-17(23)16(14-7-3-2-4-8-14)21-11-10-13-6-5-9-15(19)12-13/h2-9,12,16,21H,10-11H2,1H3,(H2,20,22,23,24)/t16-/m1/s1. The second-order valence-corrected chi connectivity index (χ2v) is 5.68. The van der Waals surface area contributed by atoms with Crippen LogP contribution in [-0.4, -0.2) is 25.5 Å². The number of hydrogen-bond donors (Lipinski definition) is 3. The number of benzene rings is 2. The maximum absolute atomic E-state index is 12.4. The van der Waals surface area contributed by atoms with Gasteiger partial charge in [0.15, 0.2) is 0 Å². The van der Waals surface area contributed by atoms with Crippen LogP contribution in [0.3, 0.4) is 0 Å². The molecule has 24 heavy (non-hydrogen) atoms. The molecule has 0 saturated carbocycles. The van der Waals surface area contributed by atoms with Crippen LogP contribution >= 0.6 is 11.6 Å². The smallest absolute Gasteiger partial charge is 0.321 e. The van der Waals surface area contributed by atoms with Crippen LogP contribution in [0.4, 0.5) is 4.79 Å². The minimum absolute atomic E-state index is 0.397. The van der Waals surface area contributed by atoms with Crippen molar-refractivity contribution in [3.05, 3.63) is 70.7 Å². The van der Waals surface area contributed by atoms with Gasteiger partial charge in [-0.1, -0.05) is 54.1 Å². The van der Waals surface area contributed by atoms with Crippen LogP contribution in [-0.2, 0) is 11.2 Å². The molecular formula is C18H20ClN3O2. The first-order valence-electron chi connectivity index (χ1n) is 7.65. The predicted molar refractivity (Wildman–Crippen MR) is 94.9 cm³/mol. The zero-order valence-corrected chi connectivity index (χ0v) is 14.1. The first-order chi connectivity index (χ1) is 11.6. The van der Waals surface area contributed by atoms with E-state index in [1.165, 1.54) is 7.05 Å². The van der Waals surface area contributed by atoms with Gasteiger partial charge in [-0.15, -0.1) is 0 Å². The number of rotatable bonds is 6. The number of hydrogen-bond acceptors (Lipinski definition) is 3. The molecule has 6 heteroatoms. The summed E-state index contributed by atoms with van der Waals surface area (Å²) >= 11 is 5.98. The van der Waals surface area contributed by atoms with Crippen molar-refractivity contribution in [1.29, 1.82) is 0 Å². The van der Waals surface area contributed by atoms with Crippen molar-refractivity contribution in [2.75, 3.05) is 13.6 Å². The van der Waals surface area contributed by atoms with Crippen LogP contribution in [0.2, 0.25) is 5.02 Å². The van der Waals surface area contributed by atoms with Crippen molar-refractivity contribution in [2.45, 2.75) is 12.5 Å². The van der Waals surface area contributed by atoms with Crippen molar-refractivity contribution < 1.29 is 9.59 Å². The molecule has 0 bridgehead atoms. The van der Waals surface area contributed by atoms with E-state index >= 15 is 0 Å². The third-order valence-electron chi connectivity index (χ3n) is 3.51. The molecule has 0 fully saturated rings. The zero-order chi connectivity index (χ0) is 17.4. The van der Waals surface area contributed by atoms with Gasteiger partial charge in [0.2, 0.25) is 5.91 Å². The molecule has 0 aliphatic heterocycles. The average molecular weight is 346 g/mol. The molecule has 3 amide bonds. The molecule has 2 rings (SSSR count). The van der Waals surface area contributed by atoms with Gasteiger partial charge < -0.3 is 10.6 Å². The predicted octanol–water partition coefficient (Wildman–Crippen LogP) is 2.67. The summed E-state index contributed by atoms with van der Waals surface area (Å²) in [6.45, 7) is 0.571. The van der Waals surface area contributed by atoms with E-state index in [0.29, 0.717) is 11.6 Å². The van der Waals surface area contributed by atoms with Crippen LogP contribution in [0.5, 0.6) is 0 Å². The molecule has 2 aromatic carbocycles. The number of imide groups is 1. The Hall–Kier alpha value is -2.37. The Balaban J connectivity index is 2.03. The Morgan fingerprint density at radius 2 is 1.83 bits per heavy atom. The van der Waals surface area contributed by atoms with Gasteiger partial charge >= 0.3 is 6.03 Å². The van der Waals surface area contributed by atoms with Crippen molar-refractivity contribution >= 4 is 23.5 Å². The number of nitrogens with one attached hydrogen (secondary N) is 3. The highest BCUT2D eigenvalue weighted by atomic mass is 35.5. The Morgan fingerprint density at radius 1 is 1.08 bits per heavy atom. The summed E-state index contributed by atoms with van der Waals surface area (Å²) in [5, 5.41) is 8.57. The van der Waals surface area contributed by atoms with Crippen molar-refractivity contribution in [2.24, 2.45) is 0 Å². The first-order valence-corrected chi connectivity index (χ1v) is 8.03. The molecule has 5 nitrogen and oxygen atoms in total. The average Bonchev–Trinajstić information content (AvgIpc) is 2.59. The lowest BCUT2D eigenvalue weighted by molar-refractivity contribution is -0.122. The zero-order valence-electron chi connectivity index (χ0n) is 13.4. The van der Waals surface area contributed by atoms with E-state index in [9.17, 15) is 9.59 Å². The van der Waals surface area contributed by atoms with Crippen molar-refractivity contribution in [1.82, 2.24) is 16.0 Å². The summed E-state index contributed by atoms with van der Waals surface area (Å²) in [4.78, 5) is 23.8. The molecule has 1 atom stereocenters. The largest absolute Gasteiger partial charge is 0.341 e. The monoisotopic (exact) mass is 345 g/mol. The van der Waals surface area contributed by atoms with Gasteiger partial charge in [-0.3, -0.25) is 10.1 Å². The van der Waals surface area contributed by atoms with Gasteiger partial charge in [-0.2, -0.15) is 0 Å². The van der Waals surface area contributed by atoms with Crippen LogP contribution in [0.1, 0.15) is 17.2 Å². The lowest BCUT2D eigenvalue weighted by Crippen LogP contribution is -2.44. The van der Waals surface area contributed by atoms with E-state index in [4.69, 9.17) is 11.6 Å². The molecule has 0 aliphatic rings. The van der Waals surface area contributed by atoms with Crippen molar-refractivity contribution in [3.63, 3.8) is 0 Å². The fourth-order valence-corrected chi connectivity index (χ4v) is 2.52. The first kappa shape index (κ1) is 18.0. The topological polar surface area (TPSA) is 70.2 Å². The van der Waals surface area contributed by atoms with E-state index in [1.54, 1.807) is 0 Å². The summed E-state index contributed by atoms with van der Waals surface area (Å²) < 4.78 is 0. The van der Waals surface area contributed by atoms with Crippen LogP contribution in [0, 0.1) is 0 Å². The number of urea groups is 1. The van der Waals surface area contributed by atoms with Gasteiger partial charge in [-0.05, 0) is 29.7 Å². The highest BCUT2D eigenvalue weighted by molar-refractivity contribution is 6.30. The third-order valence-corrected chi connectivity index (χ3v) is 3.75. The number of amides is 3. The fraction of sp³-hybridized carbons (Fsp3) is 0.222. The van der Waals surface area contributed by atoms with E-state index in [1.807, 2.05) is 54.6 Å². The lowest BCUT2D eigenvalue weighted by Gasteiger charge is -2.18. The van der Waals surface area contributed by atoms with E-state index in [2.05, 4.69) is 16.0 Å². The maximum atomic E-state index is 12.4. The molecule has 0 radical (unpaired) electrons. The highest BCUT2D eigenvalue weighted by Crippen LogP contribution is 2.14. The minimum Gasteiger partial charge on any atom is -0.341 e. The quantitative estimate of drug-likeness (QED) is 0.753. The van der Waals surface area contributed by atoms with Crippen LogP contribution in [0.25, 0.3) is 0 Å². The second kappa shape index (κ2) is 9.05. The molecule has 3 N–H and O–H groups in total. The van der Waals surface area contributed by atoms with Crippen LogP contribution < -0.4 is 16.0 Å². The summed E-state index contributed by atoms with van der Waals surface area (Å²) in [5.74, 6) is -0.397. The Kier molecular flexibility index (Phi) is 6.78. The number of carbonyl (C=O) groups is 2. The van der Waals surface area contributed by atoms with E-state index in [0.717, 1.165) is 17.5 Å². The molecule has 0 aromatic heterocycles. The third kappa shape index (κ3) is 5.37. The molecular weight excluding hydrogens is 326 g/mol. The number of carbonyl (C=O) groups excluding carboxylic acids is 2. The number of halogens is 1. The lowest BCUT2D eigenvalue weighted by atomic mass is 10.1. The highest BCUT2D eigenvalue weighted by Gasteiger charge is 2.21. The SMILES string of the molecule is CNC(=O)NC(=O)[C@H](NCCc1cccc(Cl)c1)c1ccccc1. The van der Waals surface area contributed by atoms with Gasteiger partial charge in [0, 0.05) is 18.6 Å². The molecule has 0 aliphatic carbocycles. The van der Waals surface area contributed by atoms with E-state index < -0.39 is 18.0 Å². The van der Waals surface area contributed by atoms with Crippen LogP contribution in [0.15, 0.2) is 54.6 Å². The fourth-order valence-electron chi connectivity index (χ4n) is 2.31. The van der Waals surface area contributed by atoms with Crippen molar-refractivity contribution in [3.8, 4) is 0 Å². The maximum Gasteiger partial charge on any atom is 0.321 e. The summed E-state index contributed by atoms with van der Waals surface area (Å²) in [7, 11) is 1.46. The molecule has 0 saturated heterocycles. The summed E-state index contributed by atoms with van der Waals surface area (Å²) in [5.41, 5.74) is 1.87. The summed E-state index contributed by atoms with van der Waals surface area (Å²) in [6.07, 6.45) is 0.719. The van der Waals surface area contributed by atoms with Gasteiger partial charge in [0.25, 0.3) is 0 Å². The summed E-state index contributed by atoms with van der Waals surface area (Å²) in [6, 6.07) is 15.7. The molecule has 2 aromatic rings. The van der Waals surface area contributed by atoms with Gasteiger partial charge in [0.05, 0.1) is 0 Å². The Bertz CT molecular complexity index is 692. The molecule has 0 heterocycles. The molecule has 0 unspecified atom stereocenters. The second-order valence-electron chi connectivity index (χ2n) is 5.25.